The number of hydrogen-bond acceptors (Lipinski definition) is 3. The molecule has 1 atom stereocenters. The normalized spacial score (nSPS) is 16.3. The maximum atomic E-state index is 11.9. The molecule has 6 heteroatoms. The number of ether oxygens (including phenoxy) is 1. The predicted molar refractivity (Wildman–Crippen MR) is 88.2 cm³/mol. The number of halogens is 1. The van der Waals surface area contributed by atoms with Crippen LogP contribution < -0.4 is 15.4 Å². The molecule has 0 aliphatic heterocycles. The number of urea groups is 1. The summed E-state index contributed by atoms with van der Waals surface area (Å²) in [5.41, 5.74) is 0. The van der Waals surface area contributed by atoms with Crippen LogP contribution in [0.4, 0.5) is 4.79 Å². The van der Waals surface area contributed by atoms with Crippen molar-refractivity contribution in [2.24, 2.45) is 0 Å². The van der Waals surface area contributed by atoms with E-state index in [-0.39, 0.29) is 6.04 Å². The number of carbonyl (C=O) groups excluding carboxylic acids is 2. The van der Waals surface area contributed by atoms with E-state index in [4.69, 9.17) is 4.74 Å². The highest BCUT2D eigenvalue weighted by atomic mass is 127. The van der Waals surface area contributed by atoms with E-state index in [1.54, 1.807) is 19.1 Å². The average molecular weight is 402 g/mol. The lowest BCUT2D eigenvalue weighted by Gasteiger charge is -2.16. The molecule has 114 valence electrons. The molecule has 21 heavy (non-hydrogen) atoms. The zero-order chi connectivity index (χ0) is 15.2. The predicted octanol–water partition coefficient (Wildman–Crippen LogP) is 2.83. The summed E-state index contributed by atoms with van der Waals surface area (Å²) in [6.45, 7) is 1.62. The van der Waals surface area contributed by atoms with Crippen LogP contribution in [-0.4, -0.2) is 24.1 Å². The van der Waals surface area contributed by atoms with Crippen molar-refractivity contribution >= 4 is 34.5 Å². The van der Waals surface area contributed by atoms with Gasteiger partial charge >= 0.3 is 6.03 Å². The summed E-state index contributed by atoms with van der Waals surface area (Å²) in [7, 11) is 0. The molecule has 1 aromatic carbocycles. The van der Waals surface area contributed by atoms with Gasteiger partial charge in [-0.2, -0.15) is 0 Å². The van der Waals surface area contributed by atoms with E-state index in [1.165, 1.54) is 0 Å². The molecule has 1 fully saturated rings. The number of rotatable bonds is 4. The first kappa shape index (κ1) is 16.1. The molecule has 0 unspecified atom stereocenters. The molecule has 0 aromatic heterocycles. The van der Waals surface area contributed by atoms with Gasteiger partial charge in [-0.25, -0.2) is 4.79 Å². The Morgan fingerprint density at radius 2 is 1.86 bits per heavy atom. The third kappa shape index (κ3) is 5.18. The van der Waals surface area contributed by atoms with E-state index < -0.39 is 18.0 Å². The first-order valence-corrected chi connectivity index (χ1v) is 8.16. The van der Waals surface area contributed by atoms with Crippen LogP contribution >= 0.6 is 22.6 Å². The maximum absolute atomic E-state index is 11.9. The highest BCUT2D eigenvalue weighted by Gasteiger charge is 2.21. The number of nitrogens with one attached hydrogen (secondary N) is 2. The fourth-order valence-electron chi connectivity index (χ4n) is 2.28. The highest BCUT2D eigenvalue weighted by molar-refractivity contribution is 14.1. The van der Waals surface area contributed by atoms with Crippen LogP contribution in [0.5, 0.6) is 5.75 Å². The topological polar surface area (TPSA) is 67.4 Å². The number of amides is 3. The van der Waals surface area contributed by atoms with Gasteiger partial charge in [0.25, 0.3) is 5.91 Å². The molecule has 1 aliphatic rings. The first-order valence-electron chi connectivity index (χ1n) is 7.08. The molecular formula is C15H19IN2O3. The molecule has 0 spiro atoms. The molecule has 1 aromatic rings. The quantitative estimate of drug-likeness (QED) is 0.762. The van der Waals surface area contributed by atoms with E-state index in [0.717, 1.165) is 29.3 Å². The minimum Gasteiger partial charge on any atom is -0.481 e. The SMILES string of the molecule is C[C@@H](Oc1ccc(I)cc1)C(=O)NC(=O)NC1CCCC1. The summed E-state index contributed by atoms with van der Waals surface area (Å²) < 4.78 is 6.60. The van der Waals surface area contributed by atoms with Crippen LogP contribution in [0.2, 0.25) is 0 Å². The van der Waals surface area contributed by atoms with Gasteiger partial charge in [0.1, 0.15) is 5.75 Å². The van der Waals surface area contributed by atoms with E-state index in [0.29, 0.717) is 5.75 Å². The molecule has 0 bridgehead atoms. The van der Waals surface area contributed by atoms with Crippen LogP contribution in [0, 0.1) is 3.57 Å². The molecule has 2 rings (SSSR count). The maximum Gasteiger partial charge on any atom is 0.321 e. The van der Waals surface area contributed by atoms with Gasteiger partial charge < -0.3 is 10.1 Å². The molecule has 0 radical (unpaired) electrons. The zero-order valence-electron chi connectivity index (χ0n) is 11.9. The Balaban J connectivity index is 1.78. The second kappa shape index (κ2) is 7.63. The van der Waals surface area contributed by atoms with Crippen LogP contribution in [0.3, 0.4) is 0 Å². The summed E-state index contributed by atoms with van der Waals surface area (Å²) in [5.74, 6) is 0.165. The zero-order valence-corrected chi connectivity index (χ0v) is 14.1. The summed E-state index contributed by atoms with van der Waals surface area (Å²) in [4.78, 5) is 23.6. The van der Waals surface area contributed by atoms with Crippen molar-refractivity contribution in [2.75, 3.05) is 0 Å². The van der Waals surface area contributed by atoms with Crippen molar-refractivity contribution in [1.29, 1.82) is 0 Å². The minimum atomic E-state index is -0.723. The first-order chi connectivity index (χ1) is 10.0. The Hall–Kier alpha value is -1.31. The monoisotopic (exact) mass is 402 g/mol. The minimum absolute atomic E-state index is 0.185. The Morgan fingerprint density at radius 1 is 1.24 bits per heavy atom. The van der Waals surface area contributed by atoms with Crippen LogP contribution in [0.15, 0.2) is 24.3 Å². The van der Waals surface area contributed by atoms with E-state index >= 15 is 0 Å². The van der Waals surface area contributed by atoms with Crippen molar-refractivity contribution < 1.29 is 14.3 Å². The number of hydrogen-bond donors (Lipinski definition) is 2. The molecule has 1 saturated carbocycles. The Kier molecular flexibility index (Phi) is 5.84. The smallest absolute Gasteiger partial charge is 0.321 e. The van der Waals surface area contributed by atoms with Gasteiger partial charge in [0.2, 0.25) is 0 Å². The average Bonchev–Trinajstić information content (AvgIpc) is 2.94. The van der Waals surface area contributed by atoms with Crippen molar-refractivity contribution in [3.05, 3.63) is 27.8 Å². The van der Waals surface area contributed by atoms with Crippen molar-refractivity contribution in [2.45, 2.75) is 44.8 Å². The Bertz CT molecular complexity index is 498. The molecule has 3 amide bonds. The third-order valence-corrected chi connectivity index (χ3v) is 4.14. The summed E-state index contributed by atoms with van der Waals surface area (Å²) in [6, 6.07) is 7.13. The van der Waals surface area contributed by atoms with Gasteiger partial charge in [0.05, 0.1) is 0 Å². The van der Waals surface area contributed by atoms with Gasteiger partial charge in [-0.05, 0) is 66.6 Å². The lowest BCUT2D eigenvalue weighted by atomic mass is 10.2. The summed E-state index contributed by atoms with van der Waals surface area (Å²) >= 11 is 2.20. The lowest BCUT2D eigenvalue weighted by molar-refractivity contribution is -0.126. The van der Waals surface area contributed by atoms with Crippen LogP contribution in [0.25, 0.3) is 0 Å². The van der Waals surface area contributed by atoms with Gasteiger partial charge in [0, 0.05) is 9.61 Å². The summed E-state index contributed by atoms with van der Waals surface area (Å²) in [5, 5.41) is 5.13. The van der Waals surface area contributed by atoms with Crippen molar-refractivity contribution in [3.8, 4) is 5.75 Å². The number of carbonyl (C=O) groups is 2. The molecule has 0 heterocycles. The second-order valence-electron chi connectivity index (χ2n) is 5.16. The highest BCUT2D eigenvalue weighted by Crippen LogP contribution is 2.17. The van der Waals surface area contributed by atoms with Gasteiger partial charge in [-0.15, -0.1) is 0 Å². The van der Waals surface area contributed by atoms with Gasteiger partial charge in [-0.1, -0.05) is 12.8 Å². The summed E-state index contributed by atoms with van der Waals surface area (Å²) in [6.07, 6.45) is 3.50. The standard InChI is InChI=1S/C15H19IN2O3/c1-10(21-13-8-6-11(16)7-9-13)14(19)18-15(20)17-12-4-2-3-5-12/h6-10,12H,2-5H2,1H3,(H2,17,18,19,20)/t10-/m1/s1. The van der Waals surface area contributed by atoms with Crippen molar-refractivity contribution in [3.63, 3.8) is 0 Å². The van der Waals surface area contributed by atoms with Crippen molar-refractivity contribution in [1.82, 2.24) is 10.6 Å². The van der Waals surface area contributed by atoms with E-state index in [1.807, 2.05) is 12.1 Å². The molecule has 2 N–H and O–H groups in total. The molecular weight excluding hydrogens is 383 g/mol. The van der Waals surface area contributed by atoms with Crippen LogP contribution in [-0.2, 0) is 4.79 Å². The van der Waals surface area contributed by atoms with E-state index in [2.05, 4.69) is 33.2 Å². The lowest BCUT2D eigenvalue weighted by Crippen LogP contribution is -2.47. The van der Waals surface area contributed by atoms with Gasteiger partial charge in [-0.3, -0.25) is 10.1 Å². The van der Waals surface area contributed by atoms with Crippen LogP contribution in [0.1, 0.15) is 32.6 Å². The Morgan fingerprint density at radius 3 is 2.48 bits per heavy atom. The fraction of sp³-hybridized carbons (Fsp3) is 0.467. The molecule has 0 saturated heterocycles. The largest absolute Gasteiger partial charge is 0.481 e. The molecule has 1 aliphatic carbocycles. The number of imide groups is 1. The Labute approximate surface area is 138 Å². The molecule has 5 nitrogen and oxygen atoms in total. The van der Waals surface area contributed by atoms with E-state index in [9.17, 15) is 9.59 Å². The van der Waals surface area contributed by atoms with Gasteiger partial charge in [0.15, 0.2) is 6.10 Å². The number of benzene rings is 1. The second-order valence-corrected chi connectivity index (χ2v) is 6.40. The third-order valence-electron chi connectivity index (χ3n) is 3.42. The fourth-order valence-corrected chi connectivity index (χ4v) is 2.64.